The Bertz CT molecular complexity index is 405. The number of alkyl halides is 1. The van der Waals surface area contributed by atoms with Crippen LogP contribution in [0.4, 0.5) is 4.39 Å². The second-order valence-corrected chi connectivity index (χ2v) is 5.26. The molecule has 0 spiro atoms. The lowest BCUT2D eigenvalue weighted by Gasteiger charge is -2.18. The number of rotatable bonds is 3. The molecule has 0 bridgehead atoms. The third-order valence-electron chi connectivity index (χ3n) is 2.57. The molecule has 1 aliphatic heterocycles. The van der Waals surface area contributed by atoms with E-state index in [0.29, 0.717) is 29.1 Å². The van der Waals surface area contributed by atoms with E-state index >= 15 is 0 Å². The minimum Gasteiger partial charge on any atom is -0.491 e. The van der Waals surface area contributed by atoms with E-state index in [9.17, 15) is 4.39 Å². The van der Waals surface area contributed by atoms with Gasteiger partial charge in [-0.25, -0.2) is 9.37 Å². The topological polar surface area (TPSA) is 31.4 Å². The van der Waals surface area contributed by atoms with Crippen molar-refractivity contribution in [2.24, 2.45) is 0 Å². The summed E-state index contributed by atoms with van der Waals surface area (Å²) < 4.78 is 25.7. The summed E-state index contributed by atoms with van der Waals surface area (Å²) in [5, 5.41) is 0. The van der Waals surface area contributed by atoms with Crippen LogP contribution in [0.25, 0.3) is 0 Å². The molecule has 1 aromatic rings. The van der Waals surface area contributed by atoms with Gasteiger partial charge in [-0.2, -0.15) is 0 Å². The number of hydrogen-bond donors (Lipinski definition) is 0. The summed E-state index contributed by atoms with van der Waals surface area (Å²) in [6, 6.07) is 3.39. The van der Waals surface area contributed by atoms with E-state index < -0.39 is 5.67 Å². The van der Waals surface area contributed by atoms with Crippen molar-refractivity contribution in [3.63, 3.8) is 0 Å². The van der Waals surface area contributed by atoms with E-state index in [1.54, 1.807) is 12.1 Å². The molecule has 1 atom stereocenters. The molecule has 1 aliphatic rings. The zero-order valence-electron chi connectivity index (χ0n) is 9.87. The van der Waals surface area contributed by atoms with Crippen LogP contribution in [0.2, 0.25) is 0 Å². The van der Waals surface area contributed by atoms with Crippen LogP contribution in [0.5, 0.6) is 5.75 Å². The zero-order chi connectivity index (χ0) is 12.5. The lowest BCUT2D eigenvalue weighted by molar-refractivity contribution is 0.108. The first-order chi connectivity index (χ1) is 7.99. The van der Waals surface area contributed by atoms with Crippen molar-refractivity contribution in [3.05, 3.63) is 22.4 Å². The average molecular weight is 304 g/mol. The van der Waals surface area contributed by atoms with Crippen LogP contribution in [-0.4, -0.2) is 24.3 Å². The Hall–Kier alpha value is -0.680. The smallest absolute Gasteiger partial charge is 0.178 e. The highest BCUT2D eigenvalue weighted by Crippen LogP contribution is 2.36. The van der Waals surface area contributed by atoms with Gasteiger partial charge in [0, 0.05) is 18.6 Å². The van der Waals surface area contributed by atoms with Crippen LogP contribution in [0.15, 0.2) is 16.7 Å². The first kappa shape index (κ1) is 12.8. The highest BCUT2D eigenvalue weighted by molar-refractivity contribution is 9.10. The number of hydrogen-bond acceptors (Lipinski definition) is 3. The molecule has 0 saturated carbocycles. The predicted octanol–water partition coefficient (Wildman–Crippen LogP) is 3.22. The van der Waals surface area contributed by atoms with E-state index in [1.165, 1.54) is 0 Å². The van der Waals surface area contributed by atoms with Crippen LogP contribution in [0.1, 0.15) is 26.0 Å². The molecule has 0 aliphatic carbocycles. The van der Waals surface area contributed by atoms with Gasteiger partial charge in [0.05, 0.1) is 25.0 Å². The van der Waals surface area contributed by atoms with Crippen molar-refractivity contribution < 1.29 is 13.9 Å². The number of pyridine rings is 1. The van der Waals surface area contributed by atoms with Crippen molar-refractivity contribution in [2.45, 2.75) is 32.0 Å². The van der Waals surface area contributed by atoms with Crippen molar-refractivity contribution in [1.82, 2.24) is 4.98 Å². The third-order valence-corrected chi connectivity index (χ3v) is 2.98. The molecule has 0 radical (unpaired) electrons. The fourth-order valence-corrected chi connectivity index (χ4v) is 2.20. The Balaban J connectivity index is 2.31. The van der Waals surface area contributed by atoms with Crippen molar-refractivity contribution in [2.75, 3.05) is 13.2 Å². The molecule has 1 saturated heterocycles. The maximum absolute atomic E-state index is 14.5. The molecule has 1 unspecified atom stereocenters. The molecule has 0 aromatic carbocycles. The summed E-state index contributed by atoms with van der Waals surface area (Å²) >= 11 is 3.28. The van der Waals surface area contributed by atoms with E-state index in [4.69, 9.17) is 9.47 Å². The van der Waals surface area contributed by atoms with E-state index in [-0.39, 0.29) is 12.7 Å². The predicted molar refractivity (Wildman–Crippen MR) is 65.9 cm³/mol. The number of halogens is 2. The fourth-order valence-electron chi connectivity index (χ4n) is 1.79. The lowest BCUT2D eigenvalue weighted by atomic mass is 10.0. The molecule has 3 nitrogen and oxygen atoms in total. The monoisotopic (exact) mass is 303 g/mol. The Morgan fingerprint density at radius 1 is 1.53 bits per heavy atom. The summed E-state index contributed by atoms with van der Waals surface area (Å²) in [5.41, 5.74) is -1.11. The van der Waals surface area contributed by atoms with E-state index in [0.717, 1.165) is 0 Å². The molecule has 5 heteroatoms. The van der Waals surface area contributed by atoms with Gasteiger partial charge in [0.1, 0.15) is 10.4 Å². The molecule has 2 rings (SSSR count). The summed E-state index contributed by atoms with van der Waals surface area (Å²) in [5.74, 6) is 0.626. The second kappa shape index (κ2) is 4.90. The van der Waals surface area contributed by atoms with Gasteiger partial charge in [-0.3, -0.25) is 0 Å². The molecule has 0 N–H and O–H groups in total. The van der Waals surface area contributed by atoms with Crippen molar-refractivity contribution in [1.29, 1.82) is 0 Å². The molecule has 2 heterocycles. The van der Waals surface area contributed by atoms with Crippen molar-refractivity contribution in [3.8, 4) is 5.75 Å². The largest absolute Gasteiger partial charge is 0.491 e. The van der Waals surface area contributed by atoms with Crippen LogP contribution >= 0.6 is 15.9 Å². The van der Waals surface area contributed by atoms with Gasteiger partial charge < -0.3 is 9.47 Å². The third kappa shape index (κ3) is 2.96. The highest BCUT2D eigenvalue weighted by atomic mass is 79.9. The van der Waals surface area contributed by atoms with Gasteiger partial charge in [0.25, 0.3) is 0 Å². The first-order valence-electron chi connectivity index (χ1n) is 5.61. The van der Waals surface area contributed by atoms with Gasteiger partial charge >= 0.3 is 0 Å². The number of ether oxygens (including phenoxy) is 2. The Kier molecular flexibility index (Phi) is 3.68. The summed E-state index contributed by atoms with van der Waals surface area (Å²) in [4.78, 5) is 4.18. The molecule has 1 aromatic heterocycles. The average Bonchev–Trinajstić information content (AvgIpc) is 2.64. The Morgan fingerprint density at radius 3 is 2.88 bits per heavy atom. The van der Waals surface area contributed by atoms with Crippen LogP contribution in [0.3, 0.4) is 0 Å². The van der Waals surface area contributed by atoms with Gasteiger partial charge in [-0.1, -0.05) is 0 Å². The molecule has 0 amide bonds. The highest BCUT2D eigenvalue weighted by Gasteiger charge is 2.38. The normalized spacial score (nSPS) is 24.3. The number of nitrogens with zero attached hydrogens (tertiary/aromatic N) is 1. The van der Waals surface area contributed by atoms with Gasteiger partial charge in [0.15, 0.2) is 5.67 Å². The minimum absolute atomic E-state index is 0.0486. The summed E-state index contributed by atoms with van der Waals surface area (Å²) in [6.45, 7) is 4.36. The molecular weight excluding hydrogens is 289 g/mol. The quantitative estimate of drug-likeness (QED) is 0.804. The minimum atomic E-state index is -1.49. The Labute approximate surface area is 108 Å². The summed E-state index contributed by atoms with van der Waals surface area (Å²) in [6.07, 6.45) is 0.393. The second-order valence-electron chi connectivity index (χ2n) is 4.45. The number of aromatic nitrogens is 1. The van der Waals surface area contributed by atoms with Gasteiger partial charge in [-0.15, -0.1) is 0 Å². The molecule has 1 fully saturated rings. The van der Waals surface area contributed by atoms with Gasteiger partial charge in [0.2, 0.25) is 0 Å². The van der Waals surface area contributed by atoms with Gasteiger partial charge in [-0.05, 0) is 29.8 Å². The van der Waals surface area contributed by atoms with Crippen molar-refractivity contribution >= 4 is 15.9 Å². The fraction of sp³-hybridized carbons (Fsp3) is 0.583. The first-order valence-corrected chi connectivity index (χ1v) is 6.40. The van der Waals surface area contributed by atoms with E-state index in [1.807, 2.05) is 13.8 Å². The standard InChI is InChI=1S/C12H15BrFNO2/c1-8(2)17-9-5-10(15-11(13)6-9)12(14)3-4-16-7-12/h5-6,8H,3-4,7H2,1-2H3. The maximum atomic E-state index is 14.5. The van der Waals surface area contributed by atoms with Crippen LogP contribution in [-0.2, 0) is 10.4 Å². The maximum Gasteiger partial charge on any atom is 0.178 e. The molecule has 94 valence electrons. The molecule has 17 heavy (non-hydrogen) atoms. The zero-order valence-corrected chi connectivity index (χ0v) is 11.5. The lowest BCUT2D eigenvalue weighted by Crippen LogP contribution is -2.22. The van der Waals surface area contributed by atoms with E-state index in [2.05, 4.69) is 20.9 Å². The summed E-state index contributed by atoms with van der Waals surface area (Å²) in [7, 11) is 0. The Morgan fingerprint density at radius 2 is 2.29 bits per heavy atom. The van der Waals surface area contributed by atoms with Crippen LogP contribution in [0, 0.1) is 0 Å². The van der Waals surface area contributed by atoms with Crippen LogP contribution < -0.4 is 4.74 Å². The molecular formula is C12H15BrFNO2. The SMILES string of the molecule is CC(C)Oc1cc(Br)nc(C2(F)CCOC2)c1.